The van der Waals surface area contributed by atoms with Crippen molar-refractivity contribution in [1.82, 2.24) is 9.13 Å². The van der Waals surface area contributed by atoms with Crippen LogP contribution in [0.1, 0.15) is 11.1 Å². The summed E-state index contributed by atoms with van der Waals surface area (Å²) in [5.41, 5.74) is 10.5. The van der Waals surface area contributed by atoms with Gasteiger partial charge in [0.2, 0.25) is 0 Å². The van der Waals surface area contributed by atoms with E-state index in [9.17, 15) is 0 Å². The molecule has 0 spiro atoms. The average molecular weight is 459 g/mol. The maximum atomic E-state index is 6.37. The van der Waals surface area contributed by atoms with Gasteiger partial charge < -0.3 is 9.13 Å². The maximum absolute atomic E-state index is 6.37. The minimum atomic E-state index is 0.780. The Bertz CT molecular complexity index is 1690. The van der Waals surface area contributed by atoms with Crippen LogP contribution in [0.2, 0.25) is 5.02 Å². The lowest BCUT2D eigenvalue weighted by Gasteiger charge is -2.22. The van der Waals surface area contributed by atoms with Crippen LogP contribution in [0.15, 0.2) is 103 Å². The molecule has 1 aliphatic heterocycles. The summed E-state index contributed by atoms with van der Waals surface area (Å²) in [5.74, 6) is 0. The van der Waals surface area contributed by atoms with Crippen LogP contribution in [0.25, 0.3) is 44.3 Å². The van der Waals surface area contributed by atoms with E-state index in [-0.39, 0.29) is 0 Å². The molecule has 0 radical (unpaired) electrons. The second-order valence-electron chi connectivity index (χ2n) is 9.07. The Labute approximate surface area is 203 Å². The van der Waals surface area contributed by atoms with Gasteiger partial charge in [-0.05, 0) is 47.4 Å². The molecule has 7 rings (SSSR count). The van der Waals surface area contributed by atoms with Gasteiger partial charge in [0.25, 0.3) is 0 Å². The Morgan fingerprint density at radius 1 is 0.676 bits per heavy atom. The van der Waals surface area contributed by atoms with Gasteiger partial charge in [0.05, 0.1) is 11.4 Å². The molecule has 1 aliphatic rings. The lowest BCUT2D eigenvalue weighted by molar-refractivity contribution is 0.696. The molecule has 3 heteroatoms. The quantitative estimate of drug-likeness (QED) is 0.253. The lowest BCUT2D eigenvalue weighted by Crippen LogP contribution is -2.13. The van der Waals surface area contributed by atoms with Crippen LogP contribution >= 0.6 is 11.6 Å². The lowest BCUT2D eigenvalue weighted by atomic mass is 9.96. The van der Waals surface area contributed by atoms with Gasteiger partial charge in [0.1, 0.15) is 0 Å². The fraction of sp³-hybridized carbons (Fsp3) is 0.0968. The third kappa shape index (κ3) is 2.89. The summed E-state index contributed by atoms with van der Waals surface area (Å²) >= 11 is 6.37. The number of hydrogen-bond acceptors (Lipinski definition) is 0. The second-order valence-corrected chi connectivity index (χ2v) is 9.51. The van der Waals surface area contributed by atoms with E-state index < -0.39 is 0 Å². The highest BCUT2D eigenvalue weighted by Crippen LogP contribution is 2.47. The summed E-state index contributed by atoms with van der Waals surface area (Å²) in [6.07, 6.45) is 1.03. The summed E-state index contributed by atoms with van der Waals surface area (Å²) in [7, 11) is 0. The van der Waals surface area contributed by atoms with E-state index in [4.69, 9.17) is 11.6 Å². The monoisotopic (exact) mass is 458 g/mol. The third-order valence-corrected chi connectivity index (χ3v) is 7.38. The number of rotatable bonds is 3. The normalized spacial score (nSPS) is 12.7. The molecule has 0 fully saturated rings. The van der Waals surface area contributed by atoms with Crippen molar-refractivity contribution in [2.45, 2.75) is 19.5 Å². The van der Waals surface area contributed by atoms with Crippen LogP contribution in [0, 0.1) is 0 Å². The van der Waals surface area contributed by atoms with E-state index in [0.29, 0.717) is 0 Å². The smallest absolute Gasteiger partial charge is 0.0742 e. The Morgan fingerprint density at radius 3 is 2.24 bits per heavy atom. The van der Waals surface area contributed by atoms with Crippen LogP contribution in [0.4, 0.5) is 0 Å². The van der Waals surface area contributed by atoms with Gasteiger partial charge >= 0.3 is 0 Å². The minimum absolute atomic E-state index is 0.780. The van der Waals surface area contributed by atoms with E-state index in [0.717, 1.165) is 24.5 Å². The fourth-order valence-corrected chi connectivity index (χ4v) is 6.00. The number of aryl methyl sites for hydroxylation is 2. The summed E-state index contributed by atoms with van der Waals surface area (Å²) < 4.78 is 5.04. The van der Waals surface area contributed by atoms with E-state index in [1.54, 1.807) is 0 Å². The van der Waals surface area contributed by atoms with Crippen molar-refractivity contribution >= 4 is 33.4 Å². The number of nitrogens with zero attached hydrogens (tertiary/aromatic N) is 2. The zero-order valence-electron chi connectivity index (χ0n) is 18.7. The first-order valence-corrected chi connectivity index (χ1v) is 12.2. The van der Waals surface area contributed by atoms with Crippen molar-refractivity contribution in [3.8, 4) is 22.5 Å². The number of halogens is 1. The minimum Gasteiger partial charge on any atom is -0.338 e. The molecule has 34 heavy (non-hydrogen) atoms. The number of fused-ring (bicyclic) bond motifs is 7. The molecule has 0 amide bonds. The van der Waals surface area contributed by atoms with Crippen molar-refractivity contribution in [2.24, 2.45) is 0 Å². The molecule has 3 heterocycles. The molecular formula is C31H23ClN2. The van der Waals surface area contributed by atoms with Crippen LogP contribution in [-0.2, 0) is 19.5 Å². The molecule has 0 aliphatic carbocycles. The van der Waals surface area contributed by atoms with E-state index >= 15 is 0 Å². The van der Waals surface area contributed by atoms with Crippen molar-refractivity contribution in [3.05, 3.63) is 119 Å². The zero-order valence-corrected chi connectivity index (χ0v) is 19.5. The largest absolute Gasteiger partial charge is 0.338 e. The van der Waals surface area contributed by atoms with Crippen LogP contribution in [-0.4, -0.2) is 9.13 Å². The highest BCUT2D eigenvalue weighted by Gasteiger charge is 2.30. The van der Waals surface area contributed by atoms with Crippen molar-refractivity contribution in [3.63, 3.8) is 0 Å². The summed E-state index contributed by atoms with van der Waals surface area (Å²) in [6, 6.07) is 36.8. The molecule has 2 nitrogen and oxygen atoms in total. The Hall–Kier alpha value is -3.75. The fourth-order valence-electron chi connectivity index (χ4n) is 5.78. The predicted octanol–water partition coefficient (Wildman–Crippen LogP) is 8.19. The van der Waals surface area contributed by atoms with Crippen LogP contribution in [0.3, 0.4) is 0 Å². The first-order chi connectivity index (χ1) is 16.8. The summed E-state index contributed by atoms with van der Waals surface area (Å²) in [6.45, 7) is 1.77. The number of hydrogen-bond donors (Lipinski definition) is 0. The summed E-state index contributed by atoms with van der Waals surface area (Å²) in [4.78, 5) is 0. The molecule has 0 saturated heterocycles. The highest BCUT2D eigenvalue weighted by atomic mass is 35.5. The van der Waals surface area contributed by atoms with Gasteiger partial charge in [0.15, 0.2) is 0 Å². The van der Waals surface area contributed by atoms with Crippen molar-refractivity contribution in [2.75, 3.05) is 0 Å². The number of aromatic nitrogens is 2. The van der Waals surface area contributed by atoms with E-state index in [2.05, 4.69) is 100 Å². The second kappa shape index (κ2) is 7.65. The van der Waals surface area contributed by atoms with Gasteiger partial charge in [-0.2, -0.15) is 0 Å². The zero-order chi connectivity index (χ0) is 22.6. The van der Waals surface area contributed by atoms with Gasteiger partial charge in [-0.3, -0.25) is 0 Å². The highest BCUT2D eigenvalue weighted by molar-refractivity contribution is 6.30. The standard InChI is InChI=1S/C31H23ClN2/c32-23-12-8-9-21(19-23)20-34-27-15-6-4-13-24(27)25-17-18-33-28-16-7-5-14-26(28)29(31(33)30(25)34)22-10-2-1-3-11-22/h1-16,19H,17-18,20H2. The molecule has 0 atom stereocenters. The number of benzene rings is 4. The van der Waals surface area contributed by atoms with E-state index in [1.165, 1.54) is 55.4 Å². The van der Waals surface area contributed by atoms with Gasteiger partial charge in [0, 0.05) is 45.5 Å². The van der Waals surface area contributed by atoms with Crippen LogP contribution in [0.5, 0.6) is 0 Å². The first kappa shape index (κ1) is 19.7. The maximum Gasteiger partial charge on any atom is 0.0742 e. The molecule has 0 N–H and O–H groups in total. The van der Waals surface area contributed by atoms with Crippen molar-refractivity contribution < 1.29 is 0 Å². The molecule has 6 aromatic rings. The van der Waals surface area contributed by atoms with Crippen LogP contribution < -0.4 is 0 Å². The Balaban J connectivity index is 1.60. The average Bonchev–Trinajstić information content (AvgIpc) is 3.38. The molecular weight excluding hydrogens is 436 g/mol. The Kier molecular flexibility index (Phi) is 4.43. The summed E-state index contributed by atoms with van der Waals surface area (Å²) in [5, 5.41) is 3.45. The molecule has 164 valence electrons. The first-order valence-electron chi connectivity index (χ1n) is 11.8. The predicted molar refractivity (Wildman–Crippen MR) is 143 cm³/mol. The van der Waals surface area contributed by atoms with Crippen molar-refractivity contribution in [1.29, 1.82) is 0 Å². The van der Waals surface area contributed by atoms with E-state index in [1.807, 2.05) is 12.1 Å². The molecule has 0 unspecified atom stereocenters. The molecule has 0 saturated carbocycles. The third-order valence-electron chi connectivity index (χ3n) is 7.15. The number of para-hydroxylation sites is 2. The van der Waals surface area contributed by atoms with Gasteiger partial charge in [-0.15, -0.1) is 0 Å². The molecule has 4 aromatic carbocycles. The Morgan fingerprint density at radius 2 is 1.41 bits per heavy atom. The SMILES string of the molecule is Clc1cccc(Cn2c3c(c4ccccc42)CCn2c-3c(-c3ccccc3)c3ccccc32)c1. The van der Waals surface area contributed by atoms with Gasteiger partial charge in [-0.1, -0.05) is 90.5 Å². The molecule has 2 aromatic heterocycles. The topological polar surface area (TPSA) is 9.86 Å². The molecule has 0 bridgehead atoms. The van der Waals surface area contributed by atoms with Gasteiger partial charge in [-0.25, -0.2) is 0 Å².